The number of halogens is 2. The first-order chi connectivity index (χ1) is 14.5. The topological polar surface area (TPSA) is 82.5 Å². The molecule has 1 aromatic rings. The Kier molecular flexibility index (Phi) is 6.93. The molecule has 8 nitrogen and oxygen atoms in total. The zero-order chi connectivity index (χ0) is 22.9. The predicted molar refractivity (Wildman–Crippen MR) is 118 cm³/mol. The van der Waals surface area contributed by atoms with Crippen LogP contribution in [0.1, 0.15) is 26.3 Å². The Balaban J connectivity index is 1.66. The second-order valence-corrected chi connectivity index (χ2v) is 9.21. The summed E-state index contributed by atoms with van der Waals surface area (Å²) in [5.74, 6) is 0.120. The van der Waals surface area contributed by atoms with Gasteiger partial charge < -0.3 is 29.3 Å². The number of anilines is 1. The van der Waals surface area contributed by atoms with Crippen molar-refractivity contribution >= 4 is 40.9 Å². The molecule has 2 aliphatic heterocycles. The van der Waals surface area contributed by atoms with Gasteiger partial charge in [-0.15, -0.1) is 0 Å². The molecule has 0 spiro atoms. The third-order valence-corrected chi connectivity index (χ3v) is 5.90. The normalized spacial score (nSPS) is 19.9. The molecule has 1 fully saturated rings. The Bertz CT molecular complexity index is 891. The van der Waals surface area contributed by atoms with E-state index < -0.39 is 17.7 Å². The zero-order valence-electron chi connectivity index (χ0n) is 18.0. The summed E-state index contributed by atoms with van der Waals surface area (Å²) in [6, 6.07) is 5.58. The summed E-state index contributed by atoms with van der Waals surface area (Å²) in [5, 5.41) is 9.90. The van der Waals surface area contributed by atoms with Crippen molar-refractivity contribution in [3.05, 3.63) is 33.8 Å². The number of nitrogens with zero attached hydrogens (tertiary/aromatic N) is 3. The summed E-state index contributed by atoms with van der Waals surface area (Å²) in [6.07, 6.45) is -1.57. The maximum atomic E-state index is 12.3. The van der Waals surface area contributed by atoms with Gasteiger partial charge in [0.2, 0.25) is 0 Å². The molecule has 2 heterocycles. The number of rotatable bonds is 4. The van der Waals surface area contributed by atoms with E-state index in [2.05, 4.69) is 4.90 Å². The van der Waals surface area contributed by atoms with Gasteiger partial charge in [0.15, 0.2) is 6.23 Å². The number of amides is 2. The molecule has 2 amide bonds. The van der Waals surface area contributed by atoms with Gasteiger partial charge in [0.25, 0.3) is 5.91 Å². The molecule has 0 aliphatic carbocycles. The van der Waals surface area contributed by atoms with Crippen LogP contribution in [-0.4, -0.2) is 72.0 Å². The number of aliphatic hydroxyl groups excluding tert-OH is 1. The fourth-order valence-electron chi connectivity index (χ4n) is 3.48. The first-order valence-electron chi connectivity index (χ1n) is 9.96. The van der Waals surface area contributed by atoms with E-state index in [1.54, 1.807) is 12.0 Å². The second kappa shape index (κ2) is 9.14. The lowest BCUT2D eigenvalue weighted by Gasteiger charge is -2.37. The van der Waals surface area contributed by atoms with Crippen LogP contribution >= 0.6 is 23.2 Å². The van der Waals surface area contributed by atoms with E-state index in [4.69, 9.17) is 32.7 Å². The third kappa shape index (κ3) is 5.19. The highest BCUT2D eigenvalue weighted by Gasteiger charge is 2.36. The highest BCUT2D eigenvalue weighted by molar-refractivity contribution is 6.49. The van der Waals surface area contributed by atoms with E-state index >= 15 is 0 Å². The lowest BCUT2D eigenvalue weighted by Crippen LogP contribution is -2.50. The molecule has 0 radical (unpaired) electrons. The third-order valence-electron chi connectivity index (χ3n) is 5.05. The predicted octanol–water partition coefficient (Wildman–Crippen LogP) is 3.10. The van der Waals surface area contributed by atoms with Gasteiger partial charge in [-0.05, 0) is 38.5 Å². The lowest BCUT2D eigenvalue weighted by molar-refractivity contribution is -0.132. The molecule has 0 bridgehead atoms. The minimum absolute atomic E-state index is 0.0712. The van der Waals surface area contributed by atoms with Gasteiger partial charge in [-0.2, -0.15) is 0 Å². The number of carbonyl (C=O) groups is 2. The molecule has 1 aromatic carbocycles. The van der Waals surface area contributed by atoms with Gasteiger partial charge in [-0.25, -0.2) is 4.79 Å². The van der Waals surface area contributed by atoms with Gasteiger partial charge in [-0.3, -0.25) is 4.79 Å². The fraction of sp³-hybridized carbons (Fsp3) is 0.524. The molecule has 31 heavy (non-hydrogen) atoms. The molecule has 1 N–H and O–H groups in total. The summed E-state index contributed by atoms with van der Waals surface area (Å²) in [5.41, 5.74) is 1.12. The Morgan fingerprint density at radius 2 is 1.84 bits per heavy atom. The first kappa shape index (κ1) is 23.5. The van der Waals surface area contributed by atoms with Crippen molar-refractivity contribution in [1.82, 2.24) is 9.80 Å². The van der Waals surface area contributed by atoms with Crippen LogP contribution in [0, 0.1) is 0 Å². The maximum Gasteiger partial charge on any atom is 0.410 e. The van der Waals surface area contributed by atoms with Crippen LogP contribution in [0.4, 0.5) is 10.5 Å². The van der Waals surface area contributed by atoms with Crippen LogP contribution in [0.2, 0.25) is 0 Å². The largest absolute Gasteiger partial charge is 0.495 e. The number of ether oxygens (including phenoxy) is 2. The zero-order valence-corrected chi connectivity index (χ0v) is 19.5. The van der Waals surface area contributed by atoms with Crippen molar-refractivity contribution in [3.8, 4) is 5.75 Å². The van der Waals surface area contributed by atoms with E-state index in [0.717, 1.165) is 11.3 Å². The minimum Gasteiger partial charge on any atom is -0.495 e. The second-order valence-electron chi connectivity index (χ2n) is 8.43. The Morgan fingerprint density at radius 3 is 2.35 bits per heavy atom. The van der Waals surface area contributed by atoms with Crippen LogP contribution < -0.4 is 9.64 Å². The van der Waals surface area contributed by atoms with E-state index in [0.29, 0.717) is 31.9 Å². The van der Waals surface area contributed by atoms with Gasteiger partial charge in [0, 0.05) is 32.7 Å². The van der Waals surface area contributed by atoms with E-state index in [1.807, 2.05) is 39.0 Å². The SMILES string of the molecule is COc1cc(CN2C(=O)C(Cl)=C(Cl)C2O)ccc1N1CCN(C(=O)OC(C)(C)C)CC1. The van der Waals surface area contributed by atoms with Gasteiger partial charge in [0.05, 0.1) is 17.8 Å². The summed E-state index contributed by atoms with van der Waals surface area (Å²) in [7, 11) is 1.57. The number of hydrogen-bond acceptors (Lipinski definition) is 6. The monoisotopic (exact) mass is 471 g/mol. The van der Waals surface area contributed by atoms with E-state index in [9.17, 15) is 14.7 Å². The van der Waals surface area contributed by atoms with Crippen molar-refractivity contribution in [3.63, 3.8) is 0 Å². The molecule has 10 heteroatoms. The van der Waals surface area contributed by atoms with Crippen LogP contribution in [0.25, 0.3) is 0 Å². The smallest absolute Gasteiger partial charge is 0.410 e. The molecule has 1 unspecified atom stereocenters. The molecular weight excluding hydrogens is 445 g/mol. The molecule has 2 aliphatic rings. The van der Waals surface area contributed by atoms with Crippen molar-refractivity contribution in [2.24, 2.45) is 0 Å². The van der Waals surface area contributed by atoms with Gasteiger partial charge in [-0.1, -0.05) is 29.3 Å². The van der Waals surface area contributed by atoms with Crippen LogP contribution in [0.15, 0.2) is 28.3 Å². The van der Waals surface area contributed by atoms with E-state index in [-0.39, 0.29) is 22.7 Å². The van der Waals surface area contributed by atoms with E-state index in [1.165, 1.54) is 4.90 Å². The Morgan fingerprint density at radius 1 is 1.19 bits per heavy atom. The number of piperazine rings is 1. The molecule has 170 valence electrons. The summed E-state index contributed by atoms with van der Waals surface area (Å²) in [4.78, 5) is 29.5. The molecule has 0 saturated carbocycles. The van der Waals surface area contributed by atoms with Crippen LogP contribution in [0.5, 0.6) is 5.75 Å². The minimum atomic E-state index is -1.26. The average Bonchev–Trinajstić information content (AvgIpc) is 2.90. The number of aliphatic hydroxyl groups is 1. The van der Waals surface area contributed by atoms with Crippen LogP contribution in [0.3, 0.4) is 0 Å². The highest BCUT2D eigenvalue weighted by atomic mass is 35.5. The summed E-state index contributed by atoms with van der Waals surface area (Å²) < 4.78 is 11.0. The maximum absolute atomic E-state index is 12.3. The van der Waals surface area contributed by atoms with Gasteiger partial charge in [0.1, 0.15) is 16.4 Å². The average molecular weight is 472 g/mol. The molecular formula is C21H27Cl2N3O5. The van der Waals surface area contributed by atoms with Gasteiger partial charge >= 0.3 is 6.09 Å². The number of carbonyl (C=O) groups excluding carboxylic acids is 2. The summed E-state index contributed by atoms with van der Waals surface area (Å²) >= 11 is 11.7. The number of methoxy groups -OCH3 is 1. The summed E-state index contributed by atoms with van der Waals surface area (Å²) in [6.45, 7) is 8.02. The van der Waals surface area contributed by atoms with Crippen molar-refractivity contribution in [2.75, 3.05) is 38.2 Å². The standard InChI is InChI=1S/C21H27Cl2N3O5/c1-21(2,3)31-20(29)25-9-7-24(8-10-25)14-6-5-13(11-15(14)30-4)12-26-18(27)16(22)17(23)19(26)28/h5-6,11,18,27H,7-10,12H2,1-4H3. The highest BCUT2D eigenvalue weighted by Crippen LogP contribution is 2.34. The molecule has 3 rings (SSSR count). The Hall–Kier alpha value is -2.16. The van der Waals surface area contributed by atoms with Crippen molar-refractivity contribution < 1.29 is 24.2 Å². The lowest BCUT2D eigenvalue weighted by atomic mass is 10.1. The molecule has 1 atom stereocenters. The Labute approximate surface area is 191 Å². The number of benzene rings is 1. The van der Waals surface area contributed by atoms with Crippen molar-refractivity contribution in [2.45, 2.75) is 39.1 Å². The molecule has 0 aromatic heterocycles. The quantitative estimate of drug-likeness (QED) is 0.726. The first-order valence-corrected chi connectivity index (χ1v) is 10.7. The van der Waals surface area contributed by atoms with Crippen molar-refractivity contribution in [1.29, 1.82) is 0 Å². The van der Waals surface area contributed by atoms with Crippen LogP contribution in [-0.2, 0) is 16.1 Å². The number of hydrogen-bond donors (Lipinski definition) is 1. The molecule has 1 saturated heterocycles. The fourth-order valence-corrected chi connectivity index (χ4v) is 3.89.